The summed E-state index contributed by atoms with van der Waals surface area (Å²) in [7, 11) is 1.42. The van der Waals surface area contributed by atoms with Crippen LogP contribution in [0.2, 0.25) is 0 Å². The third kappa shape index (κ3) is 3.04. The molecule has 2 heterocycles. The van der Waals surface area contributed by atoms with Gasteiger partial charge in [-0.05, 0) is 47.4 Å². The lowest BCUT2D eigenvalue weighted by atomic mass is 9.96. The van der Waals surface area contributed by atoms with Gasteiger partial charge in [-0.2, -0.15) is 0 Å². The van der Waals surface area contributed by atoms with Gasteiger partial charge in [0.15, 0.2) is 5.82 Å². The van der Waals surface area contributed by atoms with Crippen LogP contribution in [-0.4, -0.2) is 39.8 Å². The molecule has 0 atom stereocenters. The van der Waals surface area contributed by atoms with E-state index < -0.39 is 0 Å². The second-order valence-corrected chi connectivity index (χ2v) is 5.64. The van der Waals surface area contributed by atoms with Gasteiger partial charge in [0.05, 0.1) is 19.2 Å². The molecule has 1 aliphatic heterocycles. The molecule has 7 nitrogen and oxygen atoms in total. The van der Waals surface area contributed by atoms with Crippen molar-refractivity contribution in [2.45, 2.75) is 39.3 Å². The molecule has 1 aliphatic rings. The van der Waals surface area contributed by atoms with E-state index >= 15 is 0 Å². The molecule has 0 radical (unpaired) electrons. The molecule has 3 rings (SSSR count). The molecule has 0 fully saturated rings. The van der Waals surface area contributed by atoms with Crippen LogP contribution in [-0.2, 0) is 24.2 Å². The highest BCUT2D eigenvalue weighted by Crippen LogP contribution is 2.31. The number of esters is 1. The van der Waals surface area contributed by atoms with E-state index in [4.69, 9.17) is 4.74 Å². The van der Waals surface area contributed by atoms with Crippen LogP contribution in [0.1, 0.15) is 41.5 Å². The van der Waals surface area contributed by atoms with Gasteiger partial charge in [0.2, 0.25) is 0 Å². The molecule has 7 heteroatoms. The summed E-state index contributed by atoms with van der Waals surface area (Å²) in [4.78, 5) is 14.2. The molecule has 0 bridgehead atoms. The summed E-state index contributed by atoms with van der Waals surface area (Å²) in [5.41, 5.74) is 2.79. The van der Waals surface area contributed by atoms with E-state index in [9.17, 15) is 4.79 Å². The zero-order chi connectivity index (χ0) is 16.2. The van der Waals surface area contributed by atoms with E-state index in [-0.39, 0.29) is 5.97 Å². The molecule has 0 N–H and O–H groups in total. The van der Waals surface area contributed by atoms with Crippen LogP contribution in [0, 0.1) is 0 Å². The zero-order valence-electron chi connectivity index (χ0n) is 13.5. The monoisotopic (exact) mass is 315 g/mol. The predicted molar refractivity (Wildman–Crippen MR) is 85.3 cm³/mol. The average Bonchev–Trinajstić information content (AvgIpc) is 3.01. The number of hydrogen-bond acceptors (Lipinski definition) is 6. The van der Waals surface area contributed by atoms with Gasteiger partial charge in [0.1, 0.15) is 0 Å². The lowest BCUT2D eigenvalue weighted by Gasteiger charge is -2.31. The third-order valence-corrected chi connectivity index (χ3v) is 4.13. The maximum absolute atomic E-state index is 12.0. The topological polar surface area (TPSA) is 73.1 Å². The van der Waals surface area contributed by atoms with E-state index in [0.29, 0.717) is 12.1 Å². The van der Waals surface area contributed by atoms with E-state index in [1.165, 1.54) is 7.11 Å². The molecule has 2 aromatic rings. The standard InChI is InChI=1S/C16H21N5O2/c1-3-9-21-15(17-18-19-21)11-20-10-5-7-12-13(16(22)23-2)6-4-8-14(12)20/h4,6,8H,3,5,7,9-11H2,1-2H3. The Morgan fingerprint density at radius 2 is 2.26 bits per heavy atom. The first-order chi connectivity index (χ1) is 11.2. The quantitative estimate of drug-likeness (QED) is 0.784. The molecule has 23 heavy (non-hydrogen) atoms. The number of rotatable bonds is 5. The van der Waals surface area contributed by atoms with E-state index in [1.54, 1.807) is 0 Å². The number of carbonyl (C=O) groups excluding carboxylic acids is 1. The van der Waals surface area contributed by atoms with Crippen molar-refractivity contribution < 1.29 is 9.53 Å². The number of aryl methyl sites for hydroxylation is 1. The van der Waals surface area contributed by atoms with Crippen molar-refractivity contribution >= 4 is 11.7 Å². The van der Waals surface area contributed by atoms with Gasteiger partial charge >= 0.3 is 5.97 Å². The van der Waals surface area contributed by atoms with E-state index in [1.807, 2.05) is 16.8 Å². The van der Waals surface area contributed by atoms with Gasteiger partial charge in [0, 0.05) is 18.8 Å². The van der Waals surface area contributed by atoms with E-state index in [0.717, 1.165) is 49.4 Å². The smallest absolute Gasteiger partial charge is 0.338 e. The molecular weight excluding hydrogens is 294 g/mol. The highest BCUT2D eigenvalue weighted by atomic mass is 16.5. The van der Waals surface area contributed by atoms with Gasteiger partial charge in [-0.25, -0.2) is 9.48 Å². The van der Waals surface area contributed by atoms with Crippen molar-refractivity contribution in [3.63, 3.8) is 0 Å². The van der Waals surface area contributed by atoms with Crippen LogP contribution >= 0.6 is 0 Å². The maximum atomic E-state index is 12.0. The number of benzene rings is 1. The summed E-state index contributed by atoms with van der Waals surface area (Å²) in [5, 5.41) is 12.0. The van der Waals surface area contributed by atoms with Crippen molar-refractivity contribution in [2.75, 3.05) is 18.6 Å². The maximum Gasteiger partial charge on any atom is 0.338 e. The Labute approximate surface area is 135 Å². The Morgan fingerprint density at radius 3 is 3.04 bits per heavy atom. The fourth-order valence-electron chi connectivity index (χ4n) is 3.06. The highest BCUT2D eigenvalue weighted by molar-refractivity contribution is 5.93. The summed E-state index contributed by atoms with van der Waals surface area (Å²) in [6.45, 7) is 4.48. The zero-order valence-corrected chi connectivity index (χ0v) is 13.5. The highest BCUT2D eigenvalue weighted by Gasteiger charge is 2.23. The Kier molecular flexibility index (Phi) is 4.55. The lowest BCUT2D eigenvalue weighted by molar-refractivity contribution is 0.0599. The number of fused-ring (bicyclic) bond motifs is 1. The first-order valence-corrected chi connectivity index (χ1v) is 7.94. The van der Waals surface area contributed by atoms with Crippen molar-refractivity contribution in [1.29, 1.82) is 0 Å². The summed E-state index contributed by atoms with van der Waals surface area (Å²) in [5.74, 6) is 0.572. The number of methoxy groups -OCH3 is 1. The lowest BCUT2D eigenvalue weighted by Crippen LogP contribution is -2.31. The van der Waals surface area contributed by atoms with Gasteiger partial charge in [-0.3, -0.25) is 0 Å². The van der Waals surface area contributed by atoms with Gasteiger partial charge in [-0.15, -0.1) is 5.10 Å². The molecule has 1 aromatic heterocycles. The minimum Gasteiger partial charge on any atom is -0.465 e. The van der Waals surface area contributed by atoms with Crippen LogP contribution in [0.25, 0.3) is 0 Å². The number of carbonyl (C=O) groups is 1. The molecular formula is C16H21N5O2. The Hall–Kier alpha value is -2.44. The van der Waals surface area contributed by atoms with Crippen LogP contribution in [0.3, 0.4) is 0 Å². The van der Waals surface area contributed by atoms with Gasteiger partial charge in [0.25, 0.3) is 0 Å². The van der Waals surface area contributed by atoms with Crippen molar-refractivity contribution in [3.8, 4) is 0 Å². The van der Waals surface area contributed by atoms with Gasteiger partial charge in [-0.1, -0.05) is 13.0 Å². The second kappa shape index (κ2) is 6.76. The molecule has 0 saturated carbocycles. The molecule has 0 amide bonds. The number of hydrogen-bond donors (Lipinski definition) is 0. The van der Waals surface area contributed by atoms with Crippen LogP contribution in [0.5, 0.6) is 0 Å². The minimum atomic E-state index is -0.278. The molecule has 0 aliphatic carbocycles. The number of ether oxygens (including phenoxy) is 1. The molecule has 0 unspecified atom stereocenters. The predicted octanol–water partition coefficient (Wildman–Crippen LogP) is 1.82. The molecule has 0 spiro atoms. The minimum absolute atomic E-state index is 0.278. The Morgan fingerprint density at radius 1 is 1.39 bits per heavy atom. The molecule has 1 aromatic carbocycles. The molecule has 122 valence electrons. The summed E-state index contributed by atoms with van der Waals surface area (Å²) in [6.07, 6.45) is 2.87. The number of anilines is 1. The summed E-state index contributed by atoms with van der Waals surface area (Å²) in [6, 6.07) is 5.78. The second-order valence-electron chi connectivity index (χ2n) is 5.64. The number of aromatic nitrogens is 4. The van der Waals surface area contributed by atoms with Gasteiger partial charge < -0.3 is 9.64 Å². The first kappa shape index (κ1) is 15.5. The third-order valence-electron chi connectivity index (χ3n) is 4.13. The number of tetrazole rings is 1. The Balaban J connectivity index is 1.90. The summed E-state index contributed by atoms with van der Waals surface area (Å²) < 4.78 is 6.75. The SMILES string of the molecule is CCCn1nnnc1CN1CCCc2c(C(=O)OC)cccc21. The van der Waals surface area contributed by atoms with Crippen molar-refractivity contribution in [3.05, 3.63) is 35.2 Å². The van der Waals surface area contributed by atoms with Crippen molar-refractivity contribution in [1.82, 2.24) is 20.2 Å². The number of nitrogens with zero attached hydrogens (tertiary/aromatic N) is 5. The summed E-state index contributed by atoms with van der Waals surface area (Å²) >= 11 is 0. The fourth-order valence-corrected chi connectivity index (χ4v) is 3.06. The first-order valence-electron chi connectivity index (χ1n) is 7.94. The Bertz CT molecular complexity index is 698. The van der Waals surface area contributed by atoms with E-state index in [2.05, 4.69) is 33.4 Å². The fraction of sp³-hybridized carbons (Fsp3) is 0.500. The van der Waals surface area contributed by atoms with Crippen LogP contribution in [0.15, 0.2) is 18.2 Å². The average molecular weight is 315 g/mol. The van der Waals surface area contributed by atoms with Crippen LogP contribution < -0.4 is 4.90 Å². The molecule has 0 saturated heterocycles. The van der Waals surface area contributed by atoms with Crippen LogP contribution in [0.4, 0.5) is 5.69 Å². The normalized spacial score (nSPS) is 13.7. The largest absolute Gasteiger partial charge is 0.465 e. The van der Waals surface area contributed by atoms with Crippen molar-refractivity contribution in [2.24, 2.45) is 0 Å².